The Balaban J connectivity index is 2.38. The van der Waals surface area contributed by atoms with Gasteiger partial charge in [0.05, 0.1) is 13.2 Å². The molecule has 1 unspecified atom stereocenters. The molecule has 0 fully saturated rings. The highest BCUT2D eigenvalue weighted by Crippen LogP contribution is 1.99. The van der Waals surface area contributed by atoms with Crippen molar-refractivity contribution in [3.05, 3.63) is 12.2 Å². The fourth-order valence-electron chi connectivity index (χ4n) is 0.825. The van der Waals surface area contributed by atoms with Gasteiger partial charge in [0.1, 0.15) is 12.9 Å². The van der Waals surface area contributed by atoms with Gasteiger partial charge in [-0.25, -0.2) is 4.79 Å². The lowest BCUT2D eigenvalue weighted by Crippen LogP contribution is -2.26. The molecule has 68 valence electrons. The molecule has 1 heterocycles. The first-order chi connectivity index (χ1) is 5.79. The van der Waals surface area contributed by atoms with Crippen LogP contribution in [0.3, 0.4) is 0 Å². The molecule has 0 aromatic heterocycles. The molecule has 2 N–H and O–H groups in total. The van der Waals surface area contributed by atoms with Crippen LogP contribution in [0.5, 0.6) is 0 Å². The molecule has 1 amide bonds. The van der Waals surface area contributed by atoms with Crippen molar-refractivity contribution in [2.75, 3.05) is 20.0 Å². The average molecular weight is 173 g/mol. The summed E-state index contributed by atoms with van der Waals surface area (Å²) in [5.74, 6) is 0. The largest absolute Gasteiger partial charge is 0.440 e. The molecular formula is C7H11NO4. The summed E-state index contributed by atoms with van der Waals surface area (Å²) >= 11 is 0. The third-order valence-electron chi connectivity index (χ3n) is 1.28. The maximum Gasteiger partial charge on any atom is 0.405 e. The van der Waals surface area contributed by atoms with Crippen molar-refractivity contribution < 1.29 is 19.0 Å². The average Bonchev–Trinajstić information content (AvgIpc) is 1.93. The number of ether oxygens (including phenoxy) is 3. The molecule has 5 heteroatoms. The lowest BCUT2D eigenvalue weighted by atomic mass is 10.3. The normalized spacial score (nSPS) is 24.2. The Bertz CT molecular complexity index is 180. The zero-order chi connectivity index (χ0) is 8.81. The van der Waals surface area contributed by atoms with Crippen LogP contribution in [0.2, 0.25) is 0 Å². The molecule has 0 saturated heterocycles. The van der Waals surface area contributed by atoms with Crippen LogP contribution in [0.4, 0.5) is 4.79 Å². The highest BCUT2D eigenvalue weighted by molar-refractivity contribution is 5.65. The van der Waals surface area contributed by atoms with E-state index in [0.29, 0.717) is 6.61 Å². The highest BCUT2D eigenvalue weighted by atomic mass is 16.7. The van der Waals surface area contributed by atoms with Gasteiger partial charge in [0.15, 0.2) is 0 Å². The summed E-state index contributed by atoms with van der Waals surface area (Å²) in [6, 6.07) is 0. The Morgan fingerprint density at radius 3 is 3.17 bits per heavy atom. The third-order valence-corrected chi connectivity index (χ3v) is 1.28. The highest BCUT2D eigenvalue weighted by Gasteiger charge is 2.09. The Morgan fingerprint density at radius 1 is 1.58 bits per heavy atom. The van der Waals surface area contributed by atoms with Crippen LogP contribution in [0.15, 0.2) is 12.2 Å². The summed E-state index contributed by atoms with van der Waals surface area (Å²) in [5.41, 5.74) is 4.83. The van der Waals surface area contributed by atoms with Gasteiger partial charge in [-0.15, -0.1) is 0 Å². The molecule has 0 bridgehead atoms. The van der Waals surface area contributed by atoms with Gasteiger partial charge in [-0.3, -0.25) is 0 Å². The van der Waals surface area contributed by atoms with Gasteiger partial charge in [0, 0.05) is 0 Å². The number of nitrogens with two attached hydrogens (primary N) is 1. The maximum atomic E-state index is 10.3. The Labute approximate surface area is 70.1 Å². The van der Waals surface area contributed by atoms with Crippen molar-refractivity contribution in [3.8, 4) is 0 Å². The minimum Gasteiger partial charge on any atom is -0.440 e. The van der Waals surface area contributed by atoms with Gasteiger partial charge in [0.2, 0.25) is 0 Å². The lowest BCUT2D eigenvalue weighted by molar-refractivity contribution is -0.0696. The van der Waals surface area contributed by atoms with Crippen molar-refractivity contribution in [1.29, 1.82) is 0 Å². The Hall–Kier alpha value is -1.07. The standard InChI is InChI=1S/C7H11NO4/c8-7(9)12-6-2-1-3-10-5-11-4-6/h1-2,6H,3-5H2,(H2,8,9). The summed E-state index contributed by atoms with van der Waals surface area (Å²) in [6.45, 7) is 0.945. The van der Waals surface area contributed by atoms with E-state index in [-0.39, 0.29) is 13.4 Å². The Morgan fingerprint density at radius 2 is 2.42 bits per heavy atom. The molecule has 1 atom stereocenters. The van der Waals surface area contributed by atoms with E-state index in [1.807, 2.05) is 0 Å². The van der Waals surface area contributed by atoms with Crippen LogP contribution in [0, 0.1) is 0 Å². The molecule has 1 aliphatic rings. The van der Waals surface area contributed by atoms with E-state index in [0.717, 1.165) is 0 Å². The second kappa shape index (κ2) is 4.74. The van der Waals surface area contributed by atoms with Gasteiger partial charge < -0.3 is 19.9 Å². The van der Waals surface area contributed by atoms with Gasteiger partial charge >= 0.3 is 6.09 Å². The summed E-state index contributed by atoms with van der Waals surface area (Å²) in [6.07, 6.45) is 2.25. The summed E-state index contributed by atoms with van der Waals surface area (Å²) < 4.78 is 14.6. The number of carbonyl (C=O) groups excluding carboxylic acids is 1. The van der Waals surface area contributed by atoms with E-state index in [1.54, 1.807) is 12.2 Å². The molecule has 0 aromatic carbocycles. The van der Waals surface area contributed by atoms with Crippen LogP contribution < -0.4 is 5.73 Å². The predicted molar refractivity (Wildman–Crippen MR) is 40.4 cm³/mol. The van der Waals surface area contributed by atoms with Crippen LogP contribution in [-0.4, -0.2) is 32.2 Å². The first kappa shape index (κ1) is 9.02. The smallest absolute Gasteiger partial charge is 0.405 e. The minimum atomic E-state index is -0.797. The molecule has 0 spiro atoms. The maximum absolute atomic E-state index is 10.3. The number of rotatable bonds is 1. The van der Waals surface area contributed by atoms with Gasteiger partial charge in [0.25, 0.3) is 0 Å². The van der Waals surface area contributed by atoms with Crippen molar-refractivity contribution in [2.24, 2.45) is 5.73 Å². The van der Waals surface area contributed by atoms with Gasteiger partial charge in [-0.05, 0) is 6.08 Å². The lowest BCUT2D eigenvalue weighted by Gasteiger charge is -2.15. The van der Waals surface area contributed by atoms with Crippen molar-refractivity contribution in [1.82, 2.24) is 0 Å². The van der Waals surface area contributed by atoms with E-state index in [9.17, 15) is 4.79 Å². The van der Waals surface area contributed by atoms with E-state index >= 15 is 0 Å². The quantitative estimate of drug-likeness (QED) is 0.567. The summed E-state index contributed by atoms with van der Waals surface area (Å²) in [5, 5.41) is 0. The third kappa shape index (κ3) is 3.36. The fourth-order valence-corrected chi connectivity index (χ4v) is 0.825. The molecule has 12 heavy (non-hydrogen) atoms. The number of carbonyl (C=O) groups is 1. The minimum absolute atomic E-state index is 0.211. The van der Waals surface area contributed by atoms with Gasteiger partial charge in [-0.1, -0.05) is 6.08 Å². The fraction of sp³-hybridized carbons (Fsp3) is 0.571. The molecule has 1 aliphatic heterocycles. The van der Waals surface area contributed by atoms with Crippen molar-refractivity contribution in [2.45, 2.75) is 6.10 Å². The first-order valence-electron chi connectivity index (χ1n) is 3.57. The summed E-state index contributed by atoms with van der Waals surface area (Å²) in [4.78, 5) is 10.3. The van der Waals surface area contributed by atoms with Crippen molar-refractivity contribution in [3.63, 3.8) is 0 Å². The number of hydrogen-bond acceptors (Lipinski definition) is 4. The Kier molecular flexibility index (Phi) is 3.56. The topological polar surface area (TPSA) is 70.8 Å². The molecule has 5 nitrogen and oxygen atoms in total. The molecule has 0 radical (unpaired) electrons. The second-order valence-corrected chi connectivity index (χ2v) is 2.26. The van der Waals surface area contributed by atoms with Crippen LogP contribution in [0.25, 0.3) is 0 Å². The molecular weight excluding hydrogens is 162 g/mol. The van der Waals surface area contributed by atoms with Gasteiger partial charge in [-0.2, -0.15) is 0 Å². The first-order valence-corrected chi connectivity index (χ1v) is 3.57. The zero-order valence-corrected chi connectivity index (χ0v) is 6.56. The predicted octanol–water partition coefficient (Wildman–Crippen LogP) is 0.0108. The number of amides is 1. The molecule has 0 aromatic rings. The zero-order valence-electron chi connectivity index (χ0n) is 6.56. The van der Waals surface area contributed by atoms with Crippen LogP contribution >= 0.6 is 0 Å². The monoisotopic (exact) mass is 173 g/mol. The van der Waals surface area contributed by atoms with Crippen LogP contribution in [-0.2, 0) is 14.2 Å². The molecule has 0 aliphatic carbocycles. The van der Waals surface area contributed by atoms with E-state index in [4.69, 9.17) is 19.9 Å². The molecule has 0 saturated carbocycles. The van der Waals surface area contributed by atoms with Crippen molar-refractivity contribution >= 4 is 6.09 Å². The number of hydrogen-bond donors (Lipinski definition) is 1. The SMILES string of the molecule is NC(=O)OC1C=CCOCOC1. The summed E-state index contributed by atoms with van der Waals surface area (Å²) in [7, 11) is 0. The second-order valence-electron chi connectivity index (χ2n) is 2.26. The van der Waals surface area contributed by atoms with E-state index in [2.05, 4.69) is 0 Å². The van der Waals surface area contributed by atoms with Crippen LogP contribution in [0.1, 0.15) is 0 Å². The molecule has 1 rings (SSSR count). The van der Waals surface area contributed by atoms with E-state index < -0.39 is 12.2 Å². The number of primary amides is 1. The van der Waals surface area contributed by atoms with E-state index in [1.165, 1.54) is 0 Å².